The van der Waals surface area contributed by atoms with Gasteiger partial charge in [0.1, 0.15) is 11.5 Å². The molecule has 0 bridgehead atoms. The summed E-state index contributed by atoms with van der Waals surface area (Å²) < 4.78 is 0. The van der Waals surface area contributed by atoms with Crippen LogP contribution in [0.2, 0.25) is 10.0 Å². The van der Waals surface area contributed by atoms with E-state index in [2.05, 4.69) is 0 Å². The Bertz CT molecular complexity index is 856. The van der Waals surface area contributed by atoms with Crippen molar-refractivity contribution in [1.82, 2.24) is 0 Å². The van der Waals surface area contributed by atoms with Gasteiger partial charge in [-0.1, -0.05) is 23.2 Å². The van der Waals surface area contributed by atoms with Gasteiger partial charge in [0.25, 0.3) is 0 Å². The van der Waals surface area contributed by atoms with E-state index in [1.807, 2.05) is 13.0 Å². The van der Waals surface area contributed by atoms with E-state index in [1.54, 1.807) is 35.6 Å². The second kappa shape index (κ2) is 5.84. The van der Waals surface area contributed by atoms with Gasteiger partial charge >= 0.3 is 0 Å². The van der Waals surface area contributed by atoms with Gasteiger partial charge in [-0.25, -0.2) is 0 Å². The Morgan fingerprint density at radius 3 is 1.91 bits per heavy atom. The Morgan fingerprint density at radius 2 is 1.36 bits per heavy atom. The molecular weight excluding hydrogens is 339 g/mol. The first-order valence-electron chi connectivity index (χ1n) is 6.54. The van der Waals surface area contributed by atoms with Crippen LogP contribution in [0.25, 0.3) is 20.9 Å². The molecule has 0 spiro atoms. The van der Waals surface area contributed by atoms with Crippen molar-refractivity contribution in [2.24, 2.45) is 0 Å². The fourth-order valence-electron chi connectivity index (χ4n) is 2.27. The van der Waals surface area contributed by atoms with Crippen molar-refractivity contribution in [2.45, 2.75) is 6.92 Å². The maximum Gasteiger partial charge on any atom is 0.117 e. The van der Waals surface area contributed by atoms with Crippen LogP contribution in [-0.4, -0.2) is 10.2 Å². The predicted molar refractivity (Wildman–Crippen MR) is 93.3 cm³/mol. The van der Waals surface area contributed by atoms with Crippen LogP contribution in [0.3, 0.4) is 0 Å². The number of aromatic hydroxyl groups is 2. The normalized spacial score (nSPS) is 10.9. The Labute approximate surface area is 142 Å². The molecule has 2 N–H and O–H groups in total. The number of phenols is 2. The molecule has 5 heteroatoms. The van der Waals surface area contributed by atoms with E-state index in [-0.39, 0.29) is 11.5 Å². The highest BCUT2D eigenvalue weighted by molar-refractivity contribution is 7.19. The average molecular weight is 351 g/mol. The third-order valence-electron chi connectivity index (χ3n) is 3.33. The summed E-state index contributed by atoms with van der Waals surface area (Å²) in [7, 11) is 0. The molecule has 3 aromatic rings. The van der Waals surface area contributed by atoms with Crippen LogP contribution in [0.15, 0.2) is 42.5 Å². The molecule has 0 aliphatic carbocycles. The molecule has 0 atom stereocenters. The lowest BCUT2D eigenvalue weighted by Crippen LogP contribution is -1.77. The third kappa shape index (κ3) is 2.80. The van der Waals surface area contributed by atoms with Crippen LogP contribution in [-0.2, 0) is 0 Å². The molecule has 0 unspecified atom stereocenters. The second-order valence-electron chi connectivity index (χ2n) is 4.95. The number of halogens is 2. The quantitative estimate of drug-likeness (QED) is 0.585. The SMILES string of the molecule is Cc1cc(-c2ccc(O)cc2Cl)sc1-c1ccc(O)cc1Cl. The summed E-state index contributed by atoms with van der Waals surface area (Å²) in [6.45, 7) is 2.01. The summed E-state index contributed by atoms with van der Waals surface area (Å²) in [5, 5.41) is 20.0. The number of aryl methyl sites for hydroxylation is 1. The van der Waals surface area contributed by atoms with Crippen LogP contribution < -0.4 is 0 Å². The summed E-state index contributed by atoms with van der Waals surface area (Å²) in [4.78, 5) is 2.03. The summed E-state index contributed by atoms with van der Waals surface area (Å²) in [6.07, 6.45) is 0. The zero-order chi connectivity index (χ0) is 15.9. The fraction of sp³-hybridized carbons (Fsp3) is 0.0588. The summed E-state index contributed by atoms with van der Waals surface area (Å²) in [5.41, 5.74) is 2.83. The first-order chi connectivity index (χ1) is 10.5. The Balaban J connectivity index is 2.11. The van der Waals surface area contributed by atoms with Crippen molar-refractivity contribution < 1.29 is 10.2 Å². The molecule has 2 nitrogen and oxygen atoms in total. The van der Waals surface area contributed by atoms with E-state index in [1.165, 1.54) is 12.1 Å². The van der Waals surface area contributed by atoms with Crippen molar-refractivity contribution in [3.8, 4) is 32.4 Å². The van der Waals surface area contributed by atoms with E-state index in [0.717, 1.165) is 26.4 Å². The molecule has 0 aliphatic rings. The van der Waals surface area contributed by atoms with E-state index in [0.29, 0.717) is 10.0 Å². The number of benzene rings is 2. The van der Waals surface area contributed by atoms with E-state index in [4.69, 9.17) is 23.2 Å². The minimum atomic E-state index is 0.142. The zero-order valence-electron chi connectivity index (χ0n) is 11.6. The van der Waals surface area contributed by atoms with Gasteiger partial charge in [-0.05, 0) is 55.0 Å². The fourth-order valence-corrected chi connectivity index (χ4v) is 4.18. The maximum atomic E-state index is 9.48. The van der Waals surface area contributed by atoms with Gasteiger partial charge in [-0.3, -0.25) is 0 Å². The number of hydrogen-bond acceptors (Lipinski definition) is 3. The summed E-state index contributed by atoms with van der Waals surface area (Å²) >= 11 is 14.0. The van der Waals surface area contributed by atoms with Crippen molar-refractivity contribution in [3.05, 3.63) is 58.1 Å². The molecule has 0 radical (unpaired) electrons. The van der Waals surface area contributed by atoms with Gasteiger partial charge in [0.15, 0.2) is 0 Å². The average Bonchev–Trinajstić information content (AvgIpc) is 2.80. The Kier molecular flexibility index (Phi) is 4.04. The molecule has 22 heavy (non-hydrogen) atoms. The topological polar surface area (TPSA) is 40.5 Å². The van der Waals surface area contributed by atoms with Crippen LogP contribution in [0, 0.1) is 6.92 Å². The van der Waals surface area contributed by atoms with E-state index >= 15 is 0 Å². The largest absolute Gasteiger partial charge is 0.508 e. The Morgan fingerprint density at radius 1 is 0.818 bits per heavy atom. The number of hydrogen-bond donors (Lipinski definition) is 2. The lowest BCUT2D eigenvalue weighted by atomic mass is 10.1. The first-order valence-corrected chi connectivity index (χ1v) is 8.11. The van der Waals surface area contributed by atoms with Crippen LogP contribution in [0.1, 0.15) is 5.56 Å². The molecule has 0 saturated heterocycles. The molecule has 3 rings (SSSR count). The second-order valence-corrected chi connectivity index (χ2v) is 6.82. The highest BCUT2D eigenvalue weighted by Crippen LogP contribution is 2.43. The molecule has 2 aromatic carbocycles. The van der Waals surface area contributed by atoms with Crippen LogP contribution in [0.4, 0.5) is 0 Å². The number of thiophene rings is 1. The minimum Gasteiger partial charge on any atom is -0.508 e. The smallest absolute Gasteiger partial charge is 0.117 e. The zero-order valence-corrected chi connectivity index (χ0v) is 13.9. The molecule has 112 valence electrons. The van der Waals surface area contributed by atoms with Gasteiger partial charge in [0.05, 0.1) is 10.0 Å². The highest BCUT2D eigenvalue weighted by atomic mass is 35.5. The van der Waals surface area contributed by atoms with Gasteiger partial charge in [-0.2, -0.15) is 0 Å². The number of phenolic OH excluding ortho intramolecular Hbond substituents is 2. The molecule has 0 aliphatic heterocycles. The molecule has 1 aromatic heterocycles. The molecule has 0 saturated carbocycles. The van der Waals surface area contributed by atoms with Crippen LogP contribution >= 0.6 is 34.5 Å². The van der Waals surface area contributed by atoms with Crippen molar-refractivity contribution in [3.63, 3.8) is 0 Å². The van der Waals surface area contributed by atoms with E-state index in [9.17, 15) is 10.2 Å². The highest BCUT2D eigenvalue weighted by Gasteiger charge is 2.14. The van der Waals surface area contributed by atoms with E-state index < -0.39 is 0 Å². The number of rotatable bonds is 2. The molecule has 1 heterocycles. The van der Waals surface area contributed by atoms with Crippen molar-refractivity contribution in [1.29, 1.82) is 0 Å². The first kappa shape index (κ1) is 15.2. The molecule has 0 amide bonds. The van der Waals surface area contributed by atoms with Gasteiger partial charge in [0.2, 0.25) is 0 Å². The Hall–Kier alpha value is -1.68. The van der Waals surface area contributed by atoms with Crippen molar-refractivity contribution >= 4 is 34.5 Å². The molecular formula is C17H12Cl2O2S. The van der Waals surface area contributed by atoms with Gasteiger partial charge in [-0.15, -0.1) is 11.3 Å². The van der Waals surface area contributed by atoms with Gasteiger partial charge in [0, 0.05) is 20.9 Å². The standard InChI is InChI=1S/C17H12Cl2O2S/c1-9-6-16(12-4-2-10(20)7-14(12)18)22-17(9)13-5-3-11(21)8-15(13)19/h2-8,20-21H,1H3. The minimum absolute atomic E-state index is 0.142. The monoisotopic (exact) mass is 350 g/mol. The maximum absolute atomic E-state index is 9.48. The predicted octanol–water partition coefficient (Wildman–Crippen LogP) is 6.11. The third-order valence-corrected chi connectivity index (χ3v) is 5.26. The van der Waals surface area contributed by atoms with Crippen molar-refractivity contribution in [2.75, 3.05) is 0 Å². The van der Waals surface area contributed by atoms with Crippen LogP contribution in [0.5, 0.6) is 11.5 Å². The lowest BCUT2D eigenvalue weighted by molar-refractivity contribution is 0.475. The summed E-state index contributed by atoms with van der Waals surface area (Å²) in [5.74, 6) is 0.286. The summed E-state index contributed by atoms with van der Waals surface area (Å²) in [6, 6.07) is 11.9. The van der Waals surface area contributed by atoms with Gasteiger partial charge < -0.3 is 10.2 Å². The lowest BCUT2D eigenvalue weighted by Gasteiger charge is -2.04. The molecule has 0 fully saturated rings.